The molecule has 0 atom stereocenters. The molecule has 1 aromatic heterocycles. The fourth-order valence-corrected chi connectivity index (χ4v) is 2.83. The first kappa shape index (κ1) is 24.2. The second kappa shape index (κ2) is 11.1. The van der Waals surface area contributed by atoms with Gasteiger partial charge in [-0.2, -0.15) is 0 Å². The highest BCUT2D eigenvalue weighted by Crippen LogP contribution is 2.17. The topological polar surface area (TPSA) is 61.7 Å². The molecule has 1 aromatic rings. The lowest BCUT2D eigenvalue weighted by atomic mass is 9.92. The van der Waals surface area contributed by atoms with Crippen molar-refractivity contribution < 1.29 is 4.79 Å². The van der Waals surface area contributed by atoms with E-state index in [1.807, 2.05) is 48.0 Å². The van der Waals surface area contributed by atoms with Gasteiger partial charge in [0.05, 0.1) is 18.5 Å². The zero-order chi connectivity index (χ0) is 18.3. The Bertz CT molecular complexity index is 586. The van der Waals surface area contributed by atoms with Crippen LogP contribution in [0.4, 0.5) is 0 Å². The highest BCUT2D eigenvalue weighted by atomic mass is 127. The average molecular weight is 528 g/mol. The lowest BCUT2D eigenvalue weighted by Gasteiger charge is -2.25. The Labute approximate surface area is 177 Å². The number of guanidine groups is 1. The van der Waals surface area contributed by atoms with E-state index in [0.29, 0.717) is 13.1 Å². The van der Waals surface area contributed by atoms with Gasteiger partial charge in [0.1, 0.15) is 0 Å². The molecular weight excluding hydrogens is 497 g/mol. The van der Waals surface area contributed by atoms with Crippen LogP contribution in [0.3, 0.4) is 0 Å². The molecule has 0 saturated heterocycles. The van der Waals surface area contributed by atoms with Gasteiger partial charge in [0.15, 0.2) is 5.96 Å². The molecule has 6 nitrogen and oxygen atoms in total. The van der Waals surface area contributed by atoms with Crippen molar-refractivity contribution in [2.45, 2.75) is 34.2 Å². The molecule has 1 heterocycles. The first-order valence-corrected chi connectivity index (χ1v) is 9.09. The maximum atomic E-state index is 12.1. The lowest BCUT2D eigenvalue weighted by Crippen LogP contribution is -2.42. The van der Waals surface area contributed by atoms with Gasteiger partial charge in [-0.05, 0) is 49.7 Å². The summed E-state index contributed by atoms with van der Waals surface area (Å²) in [4.78, 5) is 18.9. The number of nitrogens with zero attached hydrogens (tertiary/aromatic N) is 3. The highest BCUT2D eigenvalue weighted by Gasteiger charge is 2.27. The Morgan fingerprint density at radius 3 is 2.40 bits per heavy atom. The van der Waals surface area contributed by atoms with Crippen molar-refractivity contribution in [2.24, 2.45) is 17.5 Å². The van der Waals surface area contributed by atoms with Gasteiger partial charge in [0.2, 0.25) is 5.91 Å². The Morgan fingerprint density at radius 1 is 1.32 bits per heavy atom. The maximum Gasteiger partial charge on any atom is 0.227 e. The molecule has 0 unspecified atom stereocenters. The number of aromatic nitrogens is 1. The zero-order valence-corrected chi connectivity index (χ0v) is 19.9. The molecule has 144 valence electrons. The minimum absolute atomic E-state index is 0. The second-order valence-electron chi connectivity index (χ2n) is 6.53. The van der Waals surface area contributed by atoms with Crippen LogP contribution < -0.4 is 10.6 Å². The summed E-state index contributed by atoms with van der Waals surface area (Å²) < 4.78 is 3.15. The summed E-state index contributed by atoms with van der Waals surface area (Å²) in [5.41, 5.74) is 0.642. The van der Waals surface area contributed by atoms with Gasteiger partial charge in [0, 0.05) is 43.5 Å². The third-order valence-corrected chi connectivity index (χ3v) is 4.18. The van der Waals surface area contributed by atoms with Crippen molar-refractivity contribution in [3.8, 4) is 0 Å². The molecule has 2 N–H and O–H groups in total. The number of aliphatic imine (C=N–C) groups is 1. The normalized spacial score (nSPS) is 11.7. The second-order valence-corrected chi connectivity index (χ2v) is 7.45. The van der Waals surface area contributed by atoms with Crippen LogP contribution in [-0.4, -0.2) is 48.0 Å². The van der Waals surface area contributed by atoms with E-state index in [-0.39, 0.29) is 29.9 Å². The van der Waals surface area contributed by atoms with Gasteiger partial charge in [-0.3, -0.25) is 9.79 Å². The molecule has 25 heavy (non-hydrogen) atoms. The van der Waals surface area contributed by atoms with E-state index in [9.17, 15) is 4.79 Å². The van der Waals surface area contributed by atoms with Crippen LogP contribution in [0.5, 0.6) is 0 Å². The smallest absolute Gasteiger partial charge is 0.227 e. The molecule has 0 aliphatic rings. The van der Waals surface area contributed by atoms with Crippen LogP contribution in [-0.2, 0) is 18.4 Å². The summed E-state index contributed by atoms with van der Waals surface area (Å²) in [6, 6.07) is 2.10. The van der Waals surface area contributed by atoms with Crippen LogP contribution in [0.1, 0.15) is 33.4 Å². The molecule has 0 aromatic carbocycles. The monoisotopic (exact) mass is 527 g/mol. The van der Waals surface area contributed by atoms with Crippen molar-refractivity contribution in [2.75, 3.05) is 26.7 Å². The number of halogens is 2. The van der Waals surface area contributed by atoms with Crippen LogP contribution in [0, 0.1) is 5.41 Å². The lowest BCUT2D eigenvalue weighted by molar-refractivity contribution is -0.128. The third kappa shape index (κ3) is 7.55. The number of amides is 1. The number of nitrogens with one attached hydrogen (secondary N) is 2. The predicted molar refractivity (Wildman–Crippen MR) is 118 cm³/mol. The summed E-state index contributed by atoms with van der Waals surface area (Å²) in [6.45, 7) is 10.4. The van der Waals surface area contributed by atoms with E-state index in [4.69, 9.17) is 0 Å². The minimum Gasteiger partial charge on any atom is -0.357 e. The van der Waals surface area contributed by atoms with Gasteiger partial charge >= 0.3 is 0 Å². The summed E-state index contributed by atoms with van der Waals surface area (Å²) in [7, 11) is 4.03. The van der Waals surface area contributed by atoms with E-state index in [2.05, 4.69) is 47.1 Å². The molecule has 0 saturated carbocycles. The van der Waals surface area contributed by atoms with Crippen molar-refractivity contribution in [3.05, 3.63) is 22.4 Å². The Hall–Kier alpha value is -0.770. The van der Waals surface area contributed by atoms with Gasteiger partial charge in [0.25, 0.3) is 0 Å². The van der Waals surface area contributed by atoms with Crippen molar-refractivity contribution in [1.82, 2.24) is 20.1 Å². The molecule has 1 amide bonds. The predicted octanol–water partition coefficient (Wildman–Crippen LogP) is 2.97. The van der Waals surface area contributed by atoms with Crippen molar-refractivity contribution in [1.29, 1.82) is 0 Å². The zero-order valence-electron chi connectivity index (χ0n) is 16.0. The summed E-state index contributed by atoms with van der Waals surface area (Å²) in [6.07, 6.45) is 2.03. The van der Waals surface area contributed by atoms with Gasteiger partial charge < -0.3 is 20.1 Å². The fraction of sp³-hybridized carbons (Fsp3) is 0.647. The van der Waals surface area contributed by atoms with Crippen LogP contribution >= 0.6 is 39.9 Å². The van der Waals surface area contributed by atoms with Crippen molar-refractivity contribution in [3.63, 3.8) is 0 Å². The average Bonchev–Trinajstić information content (AvgIpc) is 2.81. The molecule has 1 rings (SSSR count). The first-order chi connectivity index (χ1) is 11.2. The maximum absolute atomic E-state index is 12.1. The minimum atomic E-state index is -0.536. The molecule has 8 heteroatoms. The molecule has 0 aliphatic heterocycles. The van der Waals surface area contributed by atoms with E-state index in [1.54, 1.807) is 0 Å². The number of hydrogen-bond acceptors (Lipinski definition) is 2. The van der Waals surface area contributed by atoms with Crippen LogP contribution in [0.25, 0.3) is 0 Å². The van der Waals surface area contributed by atoms with E-state index >= 15 is 0 Å². The number of carbonyl (C=O) groups excluding carboxylic acids is 1. The Morgan fingerprint density at radius 2 is 1.92 bits per heavy atom. The van der Waals surface area contributed by atoms with Crippen molar-refractivity contribution >= 4 is 51.8 Å². The Kier molecular flexibility index (Phi) is 10.7. The number of rotatable bonds is 7. The standard InChI is InChI=1S/C17H30BrN5O.HI/c1-7-19-15(24)17(3,4)12-21-16(20-8-2)23(6)11-14-9-13(18)10-22(14)5;/h9-10H,7-8,11-12H2,1-6H3,(H,19,24)(H,20,21);1H. The Balaban J connectivity index is 0.00000576. The van der Waals surface area contributed by atoms with Gasteiger partial charge in [-0.1, -0.05) is 0 Å². The van der Waals surface area contributed by atoms with E-state index < -0.39 is 5.41 Å². The fourth-order valence-electron chi connectivity index (χ4n) is 2.26. The molecule has 0 radical (unpaired) electrons. The van der Waals surface area contributed by atoms with E-state index in [1.165, 1.54) is 5.69 Å². The summed E-state index contributed by atoms with van der Waals surface area (Å²) in [5, 5.41) is 6.17. The van der Waals surface area contributed by atoms with Crippen LogP contribution in [0.2, 0.25) is 0 Å². The summed E-state index contributed by atoms with van der Waals surface area (Å²) in [5.74, 6) is 0.825. The largest absolute Gasteiger partial charge is 0.357 e. The molecular formula is C17H31BrIN5O. The quantitative estimate of drug-likeness (QED) is 0.325. The molecule has 0 bridgehead atoms. The summed E-state index contributed by atoms with van der Waals surface area (Å²) >= 11 is 3.50. The van der Waals surface area contributed by atoms with E-state index in [0.717, 1.165) is 23.5 Å². The highest BCUT2D eigenvalue weighted by molar-refractivity contribution is 14.0. The molecule has 0 fully saturated rings. The number of aryl methyl sites for hydroxylation is 1. The van der Waals surface area contributed by atoms with Crippen LogP contribution in [0.15, 0.2) is 21.7 Å². The first-order valence-electron chi connectivity index (χ1n) is 8.29. The molecule has 0 spiro atoms. The SMILES string of the molecule is CCNC(=O)C(C)(C)CN=C(NCC)N(C)Cc1cc(Br)cn1C.I. The van der Waals surface area contributed by atoms with Gasteiger partial charge in [-0.25, -0.2) is 0 Å². The third-order valence-electron chi connectivity index (χ3n) is 3.75. The van der Waals surface area contributed by atoms with Gasteiger partial charge in [-0.15, -0.1) is 24.0 Å². The number of carbonyl (C=O) groups is 1. The number of hydrogen-bond donors (Lipinski definition) is 2. The molecule has 0 aliphatic carbocycles.